The van der Waals surface area contributed by atoms with Crippen molar-refractivity contribution < 1.29 is 18.1 Å². The van der Waals surface area contributed by atoms with Gasteiger partial charge in [0.2, 0.25) is 0 Å². The summed E-state index contributed by atoms with van der Waals surface area (Å²) in [6, 6.07) is 33.9. The van der Waals surface area contributed by atoms with Crippen LogP contribution in [0, 0.1) is 10.1 Å². The number of nitro groups is 1. The molecule has 2 N–H and O–H groups in total. The number of thioether (sulfide) groups is 1. The third kappa shape index (κ3) is 10.2. The van der Waals surface area contributed by atoms with Gasteiger partial charge >= 0.3 is 0 Å². The van der Waals surface area contributed by atoms with Crippen LogP contribution in [0.1, 0.15) is 12.0 Å². The molecule has 16 heteroatoms. The molecule has 2 saturated heterocycles. The molecule has 0 unspecified atom stereocenters. The van der Waals surface area contributed by atoms with Crippen LogP contribution < -0.4 is 14.9 Å². The van der Waals surface area contributed by atoms with Gasteiger partial charge in [0.1, 0.15) is 12.0 Å². The maximum Gasteiger partial charge on any atom is 0.293 e. The van der Waals surface area contributed by atoms with Gasteiger partial charge in [-0.25, -0.2) is 18.4 Å². The van der Waals surface area contributed by atoms with Crippen molar-refractivity contribution in [2.75, 3.05) is 79.7 Å². The first-order valence-corrected chi connectivity index (χ1v) is 22.5. The van der Waals surface area contributed by atoms with Crippen molar-refractivity contribution in [3.05, 3.63) is 137 Å². The predicted octanol–water partition coefficient (Wildman–Crippen LogP) is 7.02. The second kappa shape index (κ2) is 19.2. The zero-order valence-electron chi connectivity index (χ0n) is 33.1. The topological polar surface area (TPSA) is 159 Å². The number of nitrogens with one attached hydrogen (secondary N) is 2. The Morgan fingerprint density at radius 2 is 1.58 bits per heavy atom. The number of hydrogen-bond donors (Lipinski definition) is 2. The molecule has 8 rings (SSSR count). The fourth-order valence-electron chi connectivity index (χ4n) is 7.58. The van der Waals surface area contributed by atoms with Gasteiger partial charge in [0.15, 0.2) is 5.82 Å². The number of fused-ring (bicyclic) bond motifs is 1. The molecule has 0 saturated carbocycles. The van der Waals surface area contributed by atoms with Gasteiger partial charge in [-0.1, -0.05) is 54.6 Å². The number of ether oxygens (including phenoxy) is 1. The Morgan fingerprint density at radius 1 is 0.817 bits per heavy atom. The quantitative estimate of drug-likeness (QED) is 0.0582. The van der Waals surface area contributed by atoms with Crippen LogP contribution in [0.4, 0.5) is 22.9 Å². The fraction of sp³-hybridized carbons (Fsp3) is 0.295. The van der Waals surface area contributed by atoms with Crippen LogP contribution in [0.2, 0.25) is 0 Å². The summed E-state index contributed by atoms with van der Waals surface area (Å²) in [7, 11) is -4.28. The van der Waals surface area contributed by atoms with Gasteiger partial charge in [-0.05, 0) is 60.5 Å². The zero-order chi connectivity index (χ0) is 41.3. The lowest BCUT2D eigenvalue weighted by molar-refractivity contribution is -0.384. The SMILES string of the molecule is O=[N+]([O-])c1cc(S(=O)(=O)Nc2ncnc3cc(N4CCN(Cc5cccnc5-c5ccccc5)CC4)ccc23)ccc1N[C@H](CCN1CCOCC1)CSc1ccccc1. The molecule has 2 fully saturated rings. The van der Waals surface area contributed by atoms with Crippen molar-refractivity contribution in [3.63, 3.8) is 0 Å². The lowest BCUT2D eigenvalue weighted by atomic mass is 10.1. The number of anilines is 3. The second-order valence-corrected chi connectivity index (χ2v) is 17.6. The van der Waals surface area contributed by atoms with E-state index >= 15 is 0 Å². The van der Waals surface area contributed by atoms with E-state index < -0.39 is 14.9 Å². The normalized spacial score (nSPS) is 15.8. The molecule has 0 radical (unpaired) electrons. The van der Waals surface area contributed by atoms with Crippen molar-refractivity contribution in [3.8, 4) is 11.3 Å². The minimum atomic E-state index is -4.28. The standard InChI is InChI=1S/C44H47N9O5S2/c54-53(55)42-29-38(14-16-40(42)48-35(17-19-50-24-26-58-27-25-50)31-59-37-11-5-2-6-12-37)60(56,57)49-44-39-15-13-36(28-41(39)46-32-47-44)52-22-20-51(21-23-52)30-34-10-7-18-45-43(34)33-8-3-1-4-9-33/h1-16,18,28-29,32,35,48H,17,19-27,30-31H2,(H,46,47,49)/t35-/m1/s1. The van der Waals surface area contributed by atoms with Crippen molar-refractivity contribution in [1.29, 1.82) is 0 Å². The van der Waals surface area contributed by atoms with Gasteiger partial charge in [0, 0.05) is 97.9 Å². The van der Waals surface area contributed by atoms with E-state index in [1.165, 1.54) is 24.0 Å². The number of morpholine rings is 1. The number of rotatable bonds is 16. The van der Waals surface area contributed by atoms with Crippen LogP contribution >= 0.6 is 11.8 Å². The number of nitro benzene ring substituents is 1. The summed E-state index contributed by atoms with van der Waals surface area (Å²) in [6.45, 7) is 7.97. The Bertz CT molecular complexity index is 2500. The number of piperazine rings is 1. The molecule has 2 aromatic heterocycles. The average molecular weight is 846 g/mol. The van der Waals surface area contributed by atoms with Crippen LogP contribution in [-0.2, 0) is 21.3 Å². The Balaban J connectivity index is 0.937. The summed E-state index contributed by atoms with van der Waals surface area (Å²) in [5.41, 5.74) is 4.78. The fourth-order valence-corrected chi connectivity index (χ4v) is 9.62. The molecule has 1 atom stereocenters. The third-order valence-corrected chi connectivity index (χ3v) is 13.4. The van der Waals surface area contributed by atoms with Crippen LogP contribution in [-0.4, -0.2) is 109 Å². The molecule has 0 spiro atoms. The number of benzene rings is 4. The molecular weight excluding hydrogens is 799 g/mol. The highest BCUT2D eigenvalue weighted by Crippen LogP contribution is 2.32. The minimum absolute atomic E-state index is 0.0908. The Kier molecular flexibility index (Phi) is 13.1. The summed E-state index contributed by atoms with van der Waals surface area (Å²) >= 11 is 1.67. The molecule has 4 aromatic carbocycles. The average Bonchev–Trinajstić information content (AvgIpc) is 3.28. The van der Waals surface area contributed by atoms with E-state index in [1.54, 1.807) is 11.8 Å². The van der Waals surface area contributed by atoms with Gasteiger partial charge < -0.3 is 15.0 Å². The third-order valence-electron chi connectivity index (χ3n) is 10.8. The minimum Gasteiger partial charge on any atom is -0.379 e. The first kappa shape index (κ1) is 41.1. The smallest absolute Gasteiger partial charge is 0.293 e. The first-order chi connectivity index (χ1) is 29.3. The number of pyridine rings is 1. The number of hydrogen-bond acceptors (Lipinski definition) is 13. The van der Waals surface area contributed by atoms with Crippen LogP contribution in [0.3, 0.4) is 0 Å². The van der Waals surface area contributed by atoms with E-state index in [2.05, 4.69) is 57.9 Å². The van der Waals surface area contributed by atoms with Gasteiger partial charge in [0.05, 0.1) is 34.2 Å². The Labute approximate surface area is 354 Å². The highest BCUT2D eigenvalue weighted by atomic mass is 32.2. The molecule has 6 aromatic rings. The number of nitrogens with zero attached hydrogens (tertiary/aromatic N) is 7. The van der Waals surface area contributed by atoms with Crippen molar-refractivity contribution in [2.45, 2.75) is 28.8 Å². The molecule has 60 heavy (non-hydrogen) atoms. The van der Waals surface area contributed by atoms with E-state index in [1.807, 2.05) is 79.0 Å². The molecule has 310 valence electrons. The number of aromatic nitrogens is 3. The van der Waals surface area contributed by atoms with E-state index in [0.29, 0.717) is 29.9 Å². The summed E-state index contributed by atoms with van der Waals surface area (Å²) in [5.74, 6) is 0.751. The van der Waals surface area contributed by atoms with E-state index in [0.717, 1.165) is 86.7 Å². The van der Waals surface area contributed by atoms with Gasteiger partial charge in [-0.2, -0.15) is 0 Å². The van der Waals surface area contributed by atoms with Gasteiger partial charge in [0.25, 0.3) is 15.7 Å². The Hall–Kier alpha value is -5.65. The molecule has 0 amide bonds. The number of sulfonamides is 1. The molecule has 2 aliphatic rings. The largest absolute Gasteiger partial charge is 0.379 e. The van der Waals surface area contributed by atoms with E-state index in [9.17, 15) is 18.5 Å². The van der Waals surface area contributed by atoms with E-state index in [4.69, 9.17) is 4.74 Å². The molecule has 2 aliphatic heterocycles. The van der Waals surface area contributed by atoms with Crippen LogP contribution in [0.5, 0.6) is 0 Å². The second-order valence-electron chi connectivity index (χ2n) is 14.8. The van der Waals surface area contributed by atoms with Crippen molar-refractivity contribution in [2.24, 2.45) is 0 Å². The van der Waals surface area contributed by atoms with Crippen molar-refractivity contribution in [1.82, 2.24) is 24.8 Å². The molecule has 14 nitrogen and oxygen atoms in total. The van der Waals surface area contributed by atoms with Gasteiger partial charge in [-0.3, -0.25) is 29.6 Å². The lowest BCUT2D eigenvalue weighted by Gasteiger charge is -2.36. The highest BCUT2D eigenvalue weighted by Gasteiger charge is 2.26. The zero-order valence-corrected chi connectivity index (χ0v) is 34.7. The summed E-state index contributed by atoms with van der Waals surface area (Å²) in [6.07, 6.45) is 3.89. The summed E-state index contributed by atoms with van der Waals surface area (Å²) < 4.78 is 35.7. The van der Waals surface area contributed by atoms with Crippen LogP contribution in [0.15, 0.2) is 132 Å². The summed E-state index contributed by atoms with van der Waals surface area (Å²) in [4.78, 5) is 33.2. The molecule has 4 heterocycles. The maximum atomic E-state index is 13.8. The predicted molar refractivity (Wildman–Crippen MR) is 237 cm³/mol. The lowest BCUT2D eigenvalue weighted by Crippen LogP contribution is -2.46. The highest BCUT2D eigenvalue weighted by molar-refractivity contribution is 7.99. The molecule has 0 bridgehead atoms. The monoisotopic (exact) mass is 845 g/mol. The molecular formula is C44H47N9O5S2. The molecule has 0 aliphatic carbocycles. The first-order valence-electron chi connectivity index (χ1n) is 20.1. The van der Waals surface area contributed by atoms with Crippen LogP contribution in [0.25, 0.3) is 22.2 Å². The van der Waals surface area contributed by atoms with E-state index in [-0.39, 0.29) is 28.1 Å². The summed E-state index contributed by atoms with van der Waals surface area (Å²) in [5, 5.41) is 16.3. The maximum absolute atomic E-state index is 13.8. The van der Waals surface area contributed by atoms with Crippen molar-refractivity contribution >= 4 is 55.6 Å². The Morgan fingerprint density at radius 3 is 2.35 bits per heavy atom. The van der Waals surface area contributed by atoms with Gasteiger partial charge in [-0.15, -0.1) is 11.8 Å².